The first-order chi connectivity index (χ1) is 10.9. The minimum atomic E-state index is -0.708. The first kappa shape index (κ1) is 15.9. The van der Waals surface area contributed by atoms with E-state index >= 15 is 0 Å². The fraction of sp³-hybridized carbons (Fsp3) is 0.0714. The monoisotopic (exact) mass is 315 g/mol. The molecule has 0 heterocycles. The average molecular weight is 315 g/mol. The predicted octanol–water partition coefficient (Wildman–Crippen LogP) is 2.92. The summed E-state index contributed by atoms with van der Waals surface area (Å²) >= 11 is 0. The van der Waals surface area contributed by atoms with Crippen molar-refractivity contribution in [3.63, 3.8) is 0 Å². The van der Waals surface area contributed by atoms with Gasteiger partial charge in [0.05, 0.1) is 21.6 Å². The zero-order valence-corrected chi connectivity index (χ0v) is 12.1. The van der Waals surface area contributed by atoms with Crippen LogP contribution < -0.4 is 11.2 Å². The van der Waals surface area contributed by atoms with Crippen LogP contribution in [0.2, 0.25) is 0 Å². The molecular formula is C14H13N5O4. The van der Waals surface area contributed by atoms with Crippen LogP contribution in [0.4, 0.5) is 22.7 Å². The minimum absolute atomic E-state index is 0.0591. The van der Waals surface area contributed by atoms with Crippen LogP contribution in [0.15, 0.2) is 47.6 Å². The highest BCUT2D eigenvalue weighted by Gasteiger charge is 2.19. The topological polar surface area (TPSA) is 137 Å². The van der Waals surface area contributed by atoms with Gasteiger partial charge in [-0.05, 0) is 30.7 Å². The number of nitro groups is 2. The van der Waals surface area contributed by atoms with E-state index in [2.05, 4.69) is 10.5 Å². The number of hydrogen-bond donors (Lipinski definition) is 2. The predicted molar refractivity (Wildman–Crippen MR) is 86.4 cm³/mol. The molecule has 0 bridgehead atoms. The molecule has 0 atom stereocenters. The standard InChI is InChI=1S/C14H13N5O4/c1-9(10-3-2-4-11(15)7-10)16-17-13-6-5-12(18(20)21)8-14(13)19(22)23/h2-8,17H,15H2,1H3/b16-9+. The lowest BCUT2D eigenvalue weighted by atomic mass is 10.1. The number of nitro benzene ring substituents is 2. The van der Waals surface area contributed by atoms with Crippen LogP contribution in [-0.4, -0.2) is 15.6 Å². The van der Waals surface area contributed by atoms with Crippen LogP contribution in [0.3, 0.4) is 0 Å². The summed E-state index contributed by atoms with van der Waals surface area (Å²) in [6.07, 6.45) is 0. The first-order valence-corrected chi connectivity index (χ1v) is 6.47. The van der Waals surface area contributed by atoms with Gasteiger partial charge in [0.1, 0.15) is 5.69 Å². The van der Waals surface area contributed by atoms with Gasteiger partial charge in [0.15, 0.2) is 0 Å². The van der Waals surface area contributed by atoms with Gasteiger partial charge in [-0.2, -0.15) is 5.10 Å². The number of nitrogens with one attached hydrogen (secondary N) is 1. The Balaban J connectivity index is 2.31. The van der Waals surface area contributed by atoms with E-state index in [0.29, 0.717) is 11.4 Å². The Morgan fingerprint density at radius 3 is 2.48 bits per heavy atom. The van der Waals surface area contributed by atoms with Crippen molar-refractivity contribution in [2.75, 3.05) is 11.2 Å². The summed E-state index contributed by atoms with van der Waals surface area (Å²) in [5.74, 6) is 0. The fourth-order valence-electron chi connectivity index (χ4n) is 1.85. The van der Waals surface area contributed by atoms with Crippen molar-refractivity contribution in [2.45, 2.75) is 6.92 Å². The minimum Gasteiger partial charge on any atom is -0.399 e. The second-order valence-electron chi connectivity index (χ2n) is 4.65. The molecule has 0 radical (unpaired) electrons. The molecule has 118 valence electrons. The van der Waals surface area contributed by atoms with E-state index in [1.165, 1.54) is 12.1 Å². The van der Waals surface area contributed by atoms with Crippen LogP contribution in [-0.2, 0) is 0 Å². The Morgan fingerprint density at radius 2 is 1.87 bits per heavy atom. The number of nitrogens with zero attached hydrogens (tertiary/aromatic N) is 3. The number of hydrogen-bond acceptors (Lipinski definition) is 7. The van der Waals surface area contributed by atoms with Crippen LogP contribution in [0, 0.1) is 20.2 Å². The molecule has 23 heavy (non-hydrogen) atoms. The molecule has 0 amide bonds. The van der Waals surface area contributed by atoms with Gasteiger partial charge in [0.2, 0.25) is 0 Å². The summed E-state index contributed by atoms with van der Waals surface area (Å²) in [6, 6.07) is 10.3. The number of non-ortho nitro benzene ring substituents is 1. The van der Waals surface area contributed by atoms with Gasteiger partial charge in [-0.15, -0.1) is 0 Å². The Kier molecular flexibility index (Phi) is 4.50. The SMILES string of the molecule is C/C(=N\Nc1ccc([N+](=O)[O-])cc1[N+](=O)[O-])c1cccc(N)c1. The first-order valence-electron chi connectivity index (χ1n) is 6.47. The van der Waals surface area contributed by atoms with Gasteiger partial charge < -0.3 is 5.73 Å². The zero-order chi connectivity index (χ0) is 17.0. The molecule has 0 fully saturated rings. The van der Waals surface area contributed by atoms with Crippen LogP contribution in [0.25, 0.3) is 0 Å². The third kappa shape index (κ3) is 3.79. The molecule has 0 spiro atoms. The maximum atomic E-state index is 11.0. The van der Waals surface area contributed by atoms with Crippen LogP contribution in [0.1, 0.15) is 12.5 Å². The third-order valence-electron chi connectivity index (χ3n) is 3.04. The molecule has 0 aliphatic carbocycles. The average Bonchev–Trinajstić information content (AvgIpc) is 2.52. The van der Waals surface area contributed by atoms with E-state index in [0.717, 1.165) is 11.6 Å². The molecule has 9 heteroatoms. The zero-order valence-electron chi connectivity index (χ0n) is 12.1. The van der Waals surface area contributed by atoms with Gasteiger partial charge in [-0.3, -0.25) is 25.7 Å². The van der Waals surface area contributed by atoms with Gasteiger partial charge in [-0.1, -0.05) is 12.1 Å². The molecule has 0 unspecified atom stereocenters. The van der Waals surface area contributed by atoms with E-state index in [4.69, 9.17) is 5.73 Å². The lowest BCUT2D eigenvalue weighted by Crippen LogP contribution is -2.03. The molecule has 2 rings (SSSR count). The summed E-state index contributed by atoms with van der Waals surface area (Å²) in [6.45, 7) is 1.71. The van der Waals surface area contributed by atoms with E-state index in [-0.39, 0.29) is 11.4 Å². The molecular weight excluding hydrogens is 302 g/mol. The quantitative estimate of drug-likeness (QED) is 0.376. The van der Waals surface area contributed by atoms with Gasteiger partial charge in [-0.25, -0.2) is 0 Å². The number of benzene rings is 2. The summed E-state index contributed by atoms with van der Waals surface area (Å²) in [5.41, 5.74) is 9.39. The largest absolute Gasteiger partial charge is 0.399 e. The van der Waals surface area contributed by atoms with Gasteiger partial charge >= 0.3 is 5.69 Å². The van der Waals surface area contributed by atoms with Crippen LogP contribution >= 0.6 is 0 Å². The summed E-state index contributed by atoms with van der Waals surface area (Å²) in [4.78, 5) is 20.3. The summed E-state index contributed by atoms with van der Waals surface area (Å²) < 4.78 is 0. The van der Waals surface area contributed by atoms with Crippen molar-refractivity contribution in [2.24, 2.45) is 5.10 Å². The van der Waals surface area contributed by atoms with E-state index in [1.807, 2.05) is 0 Å². The summed E-state index contributed by atoms with van der Waals surface area (Å²) in [5, 5.41) is 25.8. The summed E-state index contributed by atoms with van der Waals surface area (Å²) in [7, 11) is 0. The maximum absolute atomic E-state index is 11.0. The molecule has 2 aromatic carbocycles. The van der Waals surface area contributed by atoms with Crippen molar-refractivity contribution in [3.05, 3.63) is 68.3 Å². The third-order valence-corrected chi connectivity index (χ3v) is 3.04. The van der Waals surface area contributed by atoms with Crippen molar-refractivity contribution >= 4 is 28.5 Å². The highest BCUT2D eigenvalue weighted by Crippen LogP contribution is 2.29. The highest BCUT2D eigenvalue weighted by atomic mass is 16.6. The fourth-order valence-corrected chi connectivity index (χ4v) is 1.85. The molecule has 2 aromatic rings. The number of nitrogens with two attached hydrogens (primary N) is 1. The molecule has 3 N–H and O–H groups in total. The molecule has 0 aromatic heterocycles. The number of rotatable bonds is 5. The van der Waals surface area contributed by atoms with Crippen molar-refractivity contribution in [1.29, 1.82) is 0 Å². The number of nitrogen functional groups attached to an aromatic ring is 1. The lowest BCUT2D eigenvalue weighted by molar-refractivity contribution is -0.393. The second-order valence-corrected chi connectivity index (χ2v) is 4.65. The Labute approximate surface area is 130 Å². The van der Waals surface area contributed by atoms with Crippen LogP contribution in [0.5, 0.6) is 0 Å². The number of hydrazone groups is 1. The van der Waals surface area contributed by atoms with Crippen molar-refractivity contribution in [1.82, 2.24) is 0 Å². The van der Waals surface area contributed by atoms with Gasteiger partial charge in [0, 0.05) is 11.8 Å². The maximum Gasteiger partial charge on any atom is 0.301 e. The van der Waals surface area contributed by atoms with E-state index < -0.39 is 15.5 Å². The van der Waals surface area contributed by atoms with Crippen molar-refractivity contribution < 1.29 is 9.85 Å². The second kappa shape index (κ2) is 6.52. The Hall–Kier alpha value is -3.49. The van der Waals surface area contributed by atoms with E-state index in [1.54, 1.807) is 31.2 Å². The Morgan fingerprint density at radius 1 is 1.13 bits per heavy atom. The van der Waals surface area contributed by atoms with Gasteiger partial charge in [0.25, 0.3) is 5.69 Å². The highest BCUT2D eigenvalue weighted by molar-refractivity contribution is 5.99. The molecule has 0 saturated heterocycles. The molecule has 0 aliphatic heterocycles. The normalized spacial score (nSPS) is 11.1. The molecule has 0 saturated carbocycles. The molecule has 0 aliphatic rings. The van der Waals surface area contributed by atoms with Crippen molar-refractivity contribution in [3.8, 4) is 0 Å². The lowest BCUT2D eigenvalue weighted by Gasteiger charge is -2.05. The smallest absolute Gasteiger partial charge is 0.301 e. The Bertz CT molecular complexity index is 804. The molecule has 9 nitrogen and oxygen atoms in total. The van der Waals surface area contributed by atoms with E-state index in [9.17, 15) is 20.2 Å². The number of anilines is 2.